The zero-order valence-corrected chi connectivity index (χ0v) is 12.0. The standard InChI is InChI=1S/C15H19N3S/c1-16-9-14-11-19-15(17-14)18-8-7-13(10-18)12-5-3-2-4-6-12/h2-6,11,13,16H,7-10H2,1H3. The highest BCUT2D eigenvalue weighted by atomic mass is 32.1. The maximum Gasteiger partial charge on any atom is 0.185 e. The van der Waals surface area contributed by atoms with Gasteiger partial charge in [0.2, 0.25) is 0 Å². The lowest BCUT2D eigenvalue weighted by Gasteiger charge is -2.15. The lowest BCUT2D eigenvalue weighted by molar-refractivity contribution is 0.773. The molecule has 1 atom stereocenters. The summed E-state index contributed by atoms with van der Waals surface area (Å²) in [4.78, 5) is 7.11. The van der Waals surface area contributed by atoms with Gasteiger partial charge in [-0.2, -0.15) is 0 Å². The third kappa shape index (κ3) is 2.80. The van der Waals surface area contributed by atoms with Crippen LogP contribution in [0.4, 0.5) is 5.13 Å². The van der Waals surface area contributed by atoms with Crippen LogP contribution < -0.4 is 10.2 Å². The van der Waals surface area contributed by atoms with Crippen LogP contribution in [0.5, 0.6) is 0 Å². The second-order valence-electron chi connectivity index (χ2n) is 4.99. The molecule has 0 radical (unpaired) electrons. The number of hydrogen-bond donors (Lipinski definition) is 1. The molecule has 0 spiro atoms. The highest BCUT2D eigenvalue weighted by Crippen LogP contribution is 2.32. The molecule has 1 N–H and O–H groups in total. The summed E-state index contributed by atoms with van der Waals surface area (Å²) >= 11 is 1.76. The van der Waals surface area contributed by atoms with Crippen molar-refractivity contribution < 1.29 is 0 Å². The molecule has 1 saturated heterocycles. The molecule has 3 rings (SSSR count). The van der Waals surface area contributed by atoms with Gasteiger partial charge in [-0.15, -0.1) is 11.3 Å². The number of nitrogens with one attached hydrogen (secondary N) is 1. The summed E-state index contributed by atoms with van der Waals surface area (Å²) in [5.41, 5.74) is 2.60. The normalized spacial score (nSPS) is 19.0. The molecule has 1 aromatic heterocycles. The number of nitrogens with zero attached hydrogens (tertiary/aromatic N) is 2. The molecule has 0 aliphatic carbocycles. The van der Waals surface area contributed by atoms with E-state index in [2.05, 4.69) is 45.9 Å². The zero-order chi connectivity index (χ0) is 13.1. The van der Waals surface area contributed by atoms with E-state index in [9.17, 15) is 0 Å². The Balaban J connectivity index is 1.68. The maximum absolute atomic E-state index is 4.69. The fraction of sp³-hybridized carbons (Fsp3) is 0.400. The molecule has 1 aliphatic rings. The van der Waals surface area contributed by atoms with E-state index in [4.69, 9.17) is 4.98 Å². The van der Waals surface area contributed by atoms with E-state index in [0.29, 0.717) is 5.92 Å². The second-order valence-corrected chi connectivity index (χ2v) is 5.83. The van der Waals surface area contributed by atoms with Gasteiger partial charge in [0.05, 0.1) is 5.69 Å². The van der Waals surface area contributed by atoms with Crippen LogP contribution in [-0.2, 0) is 6.54 Å². The third-order valence-corrected chi connectivity index (χ3v) is 4.58. The first kappa shape index (κ1) is 12.6. The molecule has 1 aliphatic heterocycles. The smallest absolute Gasteiger partial charge is 0.185 e. The maximum atomic E-state index is 4.69. The van der Waals surface area contributed by atoms with Crippen molar-refractivity contribution in [3.8, 4) is 0 Å². The summed E-state index contributed by atoms with van der Waals surface area (Å²) in [5.74, 6) is 0.651. The lowest BCUT2D eigenvalue weighted by atomic mass is 9.99. The van der Waals surface area contributed by atoms with Crippen LogP contribution >= 0.6 is 11.3 Å². The third-order valence-electron chi connectivity index (χ3n) is 3.63. The number of rotatable bonds is 4. The predicted octanol–water partition coefficient (Wildman–Crippen LogP) is 2.86. The number of hydrogen-bond acceptors (Lipinski definition) is 4. The molecule has 0 bridgehead atoms. The minimum absolute atomic E-state index is 0.651. The van der Waals surface area contributed by atoms with E-state index in [1.165, 1.54) is 17.1 Å². The van der Waals surface area contributed by atoms with E-state index in [1.54, 1.807) is 11.3 Å². The Bertz CT molecular complexity index is 523. The van der Waals surface area contributed by atoms with Crippen molar-refractivity contribution in [3.63, 3.8) is 0 Å². The van der Waals surface area contributed by atoms with Gasteiger partial charge in [-0.05, 0) is 19.0 Å². The van der Waals surface area contributed by atoms with Crippen LogP contribution in [0.15, 0.2) is 35.7 Å². The first-order valence-electron chi connectivity index (χ1n) is 6.75. The van der Waals surface area contributed by atoms with Gasteiger partial charge >= 0.3 is 0 Å². The van der Waals surface area contributed by atoms with E-state index >= 15 is 0 Å². The highest BCUT2D eigenvalue weighted by molar-refractivity contribution is 7.13. The highest BCUT2D eigenvalue weighted by Gasteiger charge is 2.25. The molecule has 2 heterocycles. The molecule has 19 heavy (non-hydrogen) atoms. The lowest BCUT2D eigenvalue weighted by Crippen LogP contribution is -2.19. The van der Waals surface area contributed by atoms with Gasteiger partial charge in [0, 0.05) is 30.9 Å². The van der Waals surface area contributed by atoms with Crippen LogP contribution in [0.25, 0.3) is 0 Å². The largest absolute Gasteiger partial charge is 0.347 e. The zero-order valence-electron chi connectivity index (χ0n) is 11.2. The predicted molar refractivity (Wildman–Crippen MR) is 80.9 cm³/mol. The molecule has 1 unspecified atom stereocenters. The van der Waals surface area contributed by atoms with Gasteiger partial charge in [0.25, 0.3) is 0 Å². The van der Waals surface area contributed by atoms with Gasteiger partial charge in [-0.3, -0.25) is 0 Å². The number of anilines is 1. The number of aromatic nitrogens is 1. The molecule has 1 aromatic carbocycles. The van der Waals surface area contributed by atoms with Crippen molar-refractivity contribution in [1.82, 2.24) is 10.3 Å². The van der Waals surface area contributed by atoms with Crippen LogP contribution in [0.1, 0.15) is 23.6 Å². The van der Waals surface area contributed by atoms with E-state index < -0.39 is 0 Å². The van der Waals surface area contributed by atoms with Crippen molar-refractivity contribution in [3.05, 3.63) is 47.0 Å². The van der Waals surface area contributed by atoms with Crippen LogP contribution in [0.3, 0.4) is 0 Å². The van der Waals surface area contributed by atoms with Crippen molar-refractivity contribution >= 4 is 16.5 Å². The molecule has 2 aromatic rings. The molecule has 3 nitrogen and oxygen atoms in total. The van der Waals surface area contributed by atoms with Crippen molar-refractivity contribution in [1.29, 1.82) is 0 Å². The first-order chi connectivity index (χ1) is 9.36. The minimum Gasteiger partial charge on any atom is -0.347 e. The minimum atomic E-state index is 0.651. The summed E-state index contributed by atoms with van der Waals surface area (Å²) < 4.78 is 0. The molecule has 100 valence electrons. The average Bonchev–Trinajstić information content (AvgIpc) is 3.08. The summed E-state index contributed by atoms with van der Waals surface area (Å²) in [6.45, 7) is 3.06. The van der Waals surface area contributed by atoms with Gasteiger partial charge in [-0.25, -0.2) is 4.98 Å². The van der Waals surface area contributed by atoms with Crippen LogP contribution in [0, 0.1) is 0 Å². The van der Waals surface area contributed by atoms with Gasteiger partial charge in [0.1, 0.15) is 0 Å². The Labute approximate surface area is 118 Å². The molecule has 0 amide bonds. The number of benzene rings is 1. The van der Waals surface area contributed by atoms with E-state index in [1.807, 2.05) is 7.05 Å². The van der Waals surface area contributed by atoms with E-state index in [-0.39, 0.29) is 0 Å². The van der Waals surface area contributed by atoms with Crippen molar-refractivity contribution in [2.45, 2.75) is 18.9 Å². The van der Waals surface area contributed by atoms with E-state index in [0.717, 1.165) is 25.3 Å². The van der Waals surface area contributed by atoms with Crippen molar-refractivity contribution in [2.24, 2.45) is 0 Å². The van der Waals surface area contributed by atoms with Crippen LogP contribution in [0.2, 0.25) is 0 Å². The topological polar surface area (TPSA) is 28.2 Å². The fourth-order valence-electron chi connectivity index (χ4n) is 2.64. The fourth-order valence-corrected chi connectivity index (χ4v) is 3.50. The monoisotopic (exact) mass is 273 g/mol. The Morgan fingerprint density at radius 3 is 3.00 bits per heavy atom. The van der Waals surface area contributed by atoms with Crippen LogP contribution in [-0.4, -0.2) is 25.1 Å². The number of thiazole rings is 1. The molecule has 4 heteroatoms. The quantitative estimate of drug-likeness (QED) is 0.928. The summed E-state index contributed by atoms with van der Waals surface area (Å²) in [5, 5.41) is 6.47. The molecule has 0 saturated carbocycles. The Morgan fingerprint density at radius 2 is 2.21 bits per heavy atom. The first-order valence-corrected chi connectivity index (χ1v) is 7.63. The van der Waals surface area contributed by atoms with Gasteiger partial charge in [0.15, 0.2) is 5.13 Å². The summed E-state index contributed by atoms with van der Waals surface area (Å²) in [7, 11) is 1.96. The summed E-state index contributed by atoms with van der Waals surface area (Å²) in [6.07, 6.45) is 1.23. The average molecular weight is 273 g/mol. The van der Waals surface area contributed by atoms with Gasteiger partial charge in [-0.1, -0.05) is 30.3 Å². The Kier molecular flexibility index (Phi) is 3.80. The SMILES string of the molecule is CNCc1csc(N2CCC(c3ccccc3)C2)n1. The summed E-state index contributed by atoms with van der Waals surface area (Å²) in [6, 6.07) is 10.8. The van der Waals surface area contributed by atoms with Crippen molar-refractivity contribution in [2.75, 3.05) is 25.0 Å². The molecule has 1 fully saturated rings. The Morgan fingerprint density at radius 1 is 1.37 bits per heavy atom. The molecular weight excluding hydrogens is 254 g/mol. The molecular formula is C15H19N3S. The Hall–Kier alpha value is -1.39. The second kappa shape index (κ2) is 5.72. The van der Waals surface area contributed by atoms with Gasteiger partial charge < -0.3 is 10.2 Å².